The van der Waals surface area contributed by atoms with Gasteiger partial charge in [0.25, 0.3) is 0 Å². The number of fused-ring (bicyclic) bond motifs is 1. The lowest BCUT2D eigenvalue weighted by atomic mass is 10.1. The topological polar surface area (TPSA) is 72.7 Å². The SMILES string of the molecule is CCc1ccc(NC(=O)CSc2ccc(-n3nc4c(c3C)CCC4)nn2)cc1. The van der Waals surface area contributed by atoms with Crippen LogP contribution in [0, 0.1) is 6.92 Å². The Kier molecular flexibility index (Phi) is 5.43. The maximum Gasteiger partial charge on any atom is 0.234 e. The molecule has 144 valence electrons. The van der Waals surface area contributed by atoms with Crippen molar-refractivity contribution in [1.82, 2.24) is 20.0 Å². The van der Waals surface area contributed by atoms with Gasteiger partial charge in [0.05, 0.1) is 11.4 Å². The Bertz CT molecular complexity index is 979. The fourth-order valence-electron chi connectivity index (χ4n) is 3.44. The molecule has 7 heteroatoms. The first kappa shape index (κ1) is 18.7. The van der Waals surface area contributed by atoms with Crippen molar-refractivity contribution in [3.63, 3.8) is 0 Å². The highest BCUT2D eigenvalue weighted by molar-refractivity contribution is 7.99. The van der Waals surface area contributed by atoms with Crippen molar-refractivity contribution in [2.45, 2.75) is 44.6 Å². The molecule has 0 atom stereocenters. The van der Waals surface area contributed by atoms with Gasteiger partial charge in [-0.05, 0) is 68.0 Å². The number of nitrogens with zero attached hydrogens (tertiary/aromatic N) is 4. The second-order valence-corrected chi connectivity index (χ2v) is 7.89. The van der Waals surface area contributed by atoms with E-state index in [9.17, 15) is 4.79 Å². The van der Waals surface area contributed by atoms with Gasteiger partial charge in [-0.15, -0.1) is 10.2 Å². The van der Waals surface area contributed by atoms with E-state index in [1.54, 1.807) is 0 Å². The molecule has 1 amide bonds. The molecule has 0 aliphatic heterocycles. The zero-order valence-electron chi connectivity index (χ0n) is 16.1. The lowest BCUT2D eigenvalue weighted by molar-refractivity contribution is -0.113. The van der Waals surface area contributed by atoms with E-state index in [0.717, 1.165) is 41.5 Å². The number of aromatic nitrogens is 4. The summed E-state index contributed by atoms with van der Waals surface area (Å²) in [5.41, 5.74) is 5.74. The fraction of sp³-hybridized carbons (Fsp3) is 0.333. The number of benzene rings is 1. The summed E-state index contributed by atoms with van der Waals surface area (Å²) in [6.07, 6.45) is 4.31. The predicted octanol–water partition coefficient (Wildman–Crippen LogP) is 3.75. The number of hydrogen-bond donors (Lipinski definition) is 1. The molecular weight excluding hydrogens is 370 g/mol. The molecule has 0 saturated carbocycles. The van der Waals surface area contributed by atoms with E-state index >= 15 is 0 Å². The molecule has 0 unspecified atom stereocenters. The van der Waals surface area contributed by atoms with E-state index in [0.29, 0.717) is 5.75 Å². The average Bonchev–Trinajstić information content (AvgIpc) is 3.30. The van der Waals surface area contributed by atoms with Crippen LogP contribution in [0.2, 0.25) is 0 Å². The summed E-state index contributed by atoms with van der Waals surface area (Å²) in [7, 11) is 0. The summed E-state index contributed by atoms with van der Waals surface area (Å²) >= 11 is 1.37. The van der Waals surface area contributed by atoms with Gasteiger partial charge in [-0.3, -0.25) is 4.79 Å². The lowest BCUT2D eigenvalue weighted by Gasteiger charge is -2.07. The largest absolute Gasteiger partial charge is 0.325 e. The van der Waals surface area contributed by atoms with Crippen molar-refractivity contribution < 1.29 is 4.79 Å². The lowest BCUT2D eigenvalue weighted by Crippen LogP contribution is -2.14. The molecule has 0 bridgehead atoms. The number of aryl methyl sites for hydroxylation is 2. The highest BCUT2D eigenvalue weighted by Crippen LogP contribution is 2.26. The Hall–Kier alpha value is -2.67. The van der Waals surface area contributed by atoms with Crippen LogP contribution in [-0.4, -0.2) is 31.6 Å². The molecule has 6 nitrogen and oxygen atoms in total. The number of carbonyl (C=O) groups excluding carboxylic acids is 1. The molecule has 1 aliphatic rings. The van der Waals surface area contributed by atoms with Crippen molar-refractivity contribution >= 4 is 23.4 Å². The van der Waals surface area contributed by atoms with Gasteiger partial charge in [0.15, 0.2) is 5.82 Å². The van der Waals surface area contributed by atoms with Crippen LogP contribution >= 0.6 is 11.8 Å². The zero-order valence-corrected chi connectivity index (χ0v) is 16.9. The second kappa shape index (κ2) is 8.14. The fourth-order valence-corrected chi connectivity index (χ4v) is 4.05. The molecular formula is C21H23N5OS. The standard InChI is InChI=1S/C21H23N5OS/c1-3-15-7-9-16(10-8-15)22-20(27)13-28-21-12-11-19(23-24-21)26-14(2)17-5-4-6-18(17)25-26/h7-12H,3-6,13H2,1-2H3,(H,22,27). The maximum absolute atomic E-state index is 12.2. The van der Waals surface area contributed by atoms with E-state index in [4.69, 9.17) is 0 Å². The van der Waals surface area contributed by atoms with Crippen molar-refractivity contribution in [1.29, 1.82) is 0 Å². The summed E-state index contributed by atoms with van der Waals surface area (Å²) in [6.45, 7) is 4.19. The Balaban J connectivity index is 1.35. The first-order valence-electron chi connectivity index (χ1n) is 9.57. The molecule has 2 heterocycles. The molecule has 2 aromatic heterocycles. The van der Waals surface area contributed by atoms with Crippen molar-refractivity contribution in [3.8, 4) is 5.82 Å². The Morgan fingerprint density at radius 2 is 1.96 bits per heavy atom. The van der Waals surface area contributed by atoms with E-state index < -0.39 is 0 Å². The second-order valence-electron chi connectivity index (χ2n) is 6.89. The Labute approximate surface area is 168 Å². The predicted molar refractivity (Wildman–Crippen MR) is 111 cm³/mol. The van der Waals surface area contributed by atoms with E-state index in [-0.39, 0.29) is 5.91 Å². The van der Waals surface area contributed by atoms with Crippen LogP contribution in [0.3, 0.4) is 0 Å². The molecule has 0 saturated heterocycles. The van der Waals surface area contributed by atoms with E-state index in [1.165, 1.54) is 35.0 Å². The smallest absolute Gasteiger partial charge is 0.234 e. The molecule has 1 aliphatic carbocycles. The number of hydrogen-bond acceptors (Lipinski definition) is 5. The van der Waals surface area contributed by atoms with E-state index in [2.05, 4.69) is 34.5 Å². The molecule has 0 spiro atoms. The monoisotopic (exact) mass is 393 g/mol. The molecule has 0 radical (unpaired) electrons. The number of nitrogens with one attached hydrogen (secondary N) is 1. The van der Waals surface area contributed by atoms with Gasteiger partial charge < -0.3 is 5.32 Å². The highest BCUT2D eigenvalue weighted by atomic mass is 32.2. The van der Waals surface area contributed by atoms with Crippen molar-refractivity contribution in [2.75, 3.05) is 11.1 Å². The van der Waals surface area contributed by atoms with Crippen LogP contribution in [-0.2, 0) is 24.1 Å². The third-order valence-corrected chi connectivity index (χ3v) is 5.92. The number of anilines is 1. The normalized spacial score (nSPS) is 12.8. The van der Waals surface area contributed by atoms with E-state index in [1.807, 2.05) is 41.1 Å². The van der Waals surface area contributed by atoms with Gasteiger partial charge in [0, 0.05) is 11.4 Å². The van der Waals surface area contributed by atoms with Gasteiger partial charge in [-0.1, -0.05) is 30.8 Å². The molecule has 1 aromatic carbocycles. The first-order valence-corrected chi connectivity index (χ1v) is 10.6. The zero-order chi connectivity index (χ0) is 19.5. The third kappa shape index (κ3) is 3.94. The first-order chi connectivity index (χ1) is 13.6. The minimum atomic E-state index is -0.0560. The molecule has 28 heavy (non-hydrogen) atoms. The quantitative estimate of drug-likeness (QED) is 0.646. The number of thioether (sulfide) groups is 1. The van der Waals surface area contributed by atoms with Crippen LogP contribution in [0.15, 0.2) is 41.4 Å². The van der Waals surface area contributed by atoms with Crippen LogP contribution < -0.4 is 5.32 Å². The molecule has 1 N–H and O–H groups in total. The van der Waals surface area contributed by atoms with Gasteiger partial charge in [0.1, 0.15) is 5.03 Å². The van der Waals surface area contributed by atoms with Crippen molar-refractivity contribution in [2.24, 2.45) is 0 Å². The minimum absolute atomic E-state index is 0.0560. The average molecular weight is 394 g/mol. The van der Waals surface area contributed by atoms with Gasteiger partial charge >= 0.3 is 0 Å². The Morgan fingerprint density at radius 1 is 1.14 bits per heavy atom. The van der Waals surface area contributed by atoms with Crippen LogP contribution in [0.4, 0.5) is 5.69 Å². The molecule has 3 aromatic rings. The minimum Gasteiger partial charge on any atom is -0.325 e. The van der Waals surface area contributed by atoms with Gasteiger partial charge in [-0.2, -0.15) is 5.10 Å². The van der Waals surface area contributed by atoms with Crippen molar-refractivity contribution in [3.05, 3.63) is 58.9 Å². The summed E-state index contributed by atoms with van der Waals surface area (Å²) < 4.78 is 1.87. The van der Waals surface area contributed by atoms with Gasteiger partial charge in [0.2, 0.25) is 5.91 Å². The number of amides is 1. The summed E-state index contributed by atoms with van der Waals surface area (Å²) in [6, 6.07) is 11.7. The van der Waals surface area contributed by atoms with Crippen LogP contribution in [0.25, 0.3) is 5.82 Å². The van der Waals surface area contributed by atoms with Gasteiger partial charge in [-0.25, -0.2) is 4.68 Å². The molecule has 4 rings (SSSR count). The summed E-state index contributed by atoms with van der Waals surface area (Å²) in [5, 5.41) is 16.8. The summed E-state index contributed by atoms with van der Waals surface area (Å²) in [5.74, 6) is 0.953. The van der Waals surface area contributed by atoms with Crippen LogP contribution in [0.1, 0.15) is 35.9 Å². The number of carbonyl (C=O) groups is 1. The Morgan fingerprint density at radius 3 is 2.64 bits per heavy atom. The highest BCUT2D eigenvalue weighted by Gasteiger charge is 2.20. The maximum atomic E-state index is 12.2. The van der Waals surface area contributed by atoms with Crippen LogP contribution in [0.5, 0.6) is 0 Å². The third-order valence-electron chi connectivity index (χ3n) is 5.00. The number of rotatable bonds is 6. The summed E-state index contributed by atoms with van der Waals surface area (Å²) in [4.78, 5) is 12.2. The molecule has 0 fully saturated rings.